The van der Waals surface area contributed by atoms with E-state index in [1.807, 2.05) is 19.1 Å². The molecule has 1 aromatic rings. The van der Waals surface area contributed by atoms with E-state index < -0.39 is 0 Å². The fourth-order valence-corrected chi connectivity index (χ4v) is 1.41. The third kappa shape index (κ3) is 2.10. The number of pyridine rings is 1. The van der Waals surface area contributed by atoms with E-state index in [2.05, 4.69) is 10.3 Å². The lowest BCUT2D eigenvalue weighted by Gasteiger charge is -2.13. The maximum absolute atomic E-state index is 11.5. The molecule has 0 saturated heterocycles. The van der Waals surface area contributed by atoms with Crippen LogP contribution in [0.5, 0.6) is 0 Å². The normalized spacial score (nSPS) is 17.5. The maximum atomic E-state index is 11.5. The number of amides is 1. The molecule has 1 aliphatic rings. The Morgan fingerprint density at radius 3 is 2.71 bits per heavy atom. The third-order valence-corrected chi connectivity index (χ3v) is 2.51. The van der Waals surface area contributed by atoms with Crippen LogP contribution in [0.15, 0.2) is 24.5 Å². The number of nitrogens with one attached hydrogen (secondary N) is 1. The van der Waals surface area contributed by atoms with Crippen LogP contribution in [0.1, 0.15) is 31.4 Å². The van der Waals surface area contributed by atoms with Crippen molar-refractivity contribution in [2.75, 3.05) is 0 Å². The van der Waals surface area contributed by atoms with E-state index in [4.69, 9.17) is 0 Å². The van der Waals surface area contributed by atoms with E-state index in [-0.39, 0.29) is 17.9 Å². The van der Waals surface area contributed by atoms with Crippen molar-refractivity contribution < 1.29 is 4.79 Å². The van der Waals surface area contributed by atoms with Crippen LogP contribution in [0.2, 0.25) is 0 Å². The monoisotopic (exact) mass is 190 g/mol. The molecule has 1 saturated carbocycles. The molecule has 0 aliphatic heterocycles. The Balaban J connectivity index is 1.95. The van der Waals surface area contributed by atoms with Crippen molar-refractivity contribution in [1.82, 2.24) is 10.3 Å². The summed E-state index contributed by atoms with van der Waals surface area (Å²) >= 11 is 0. The highest BCUT2D eigenvalue weighted by Gasteiger charge is 2.30. The molecule has 0 unspecified atom stereocenters. The first-order valence-electron chi connectivity index (χ1n) is 4.97. The summed E-state index contributed by atoms with van der Waals surface area (Å²) in [5, 5.41) is 2.99. The second-order valence-corrected chi connectivity index (χ2v) is 3.79. The Morgan fingerprint density at radius 2 is 2.14 bits per heavy atom. The second-order valence-electron chi connectivity index (χ2n) is 3.79. The van der Waals surface area contributed by atoms with Crippen LogP contribution in [0.3, 0.4) is 0 Å². The number of aromatic nitrogens is 1. The Kier molecular flexibility index (Phi) is 2.48. The number of carbonyl (C=O) groups is 1. The summed E-state index contributed by atoms with van der Waals surface area (Å²) < 4.78 is 0. The fraction of sp³-hybridized carbons (Fsp3) is 0.455. The van der Waals surface area contributed by atoms with Crippen molar-refractivity contribution in [2.24, 2.45) is 5.92 Å². The van der Waals surface area contributed by atoms with Crippen molar-refractivity contribution in [3.63, 3.8) is 0 Å². The van der Waals surface area contributed by atoms with Gasteiger partial charge >= 0.3 is 0 Å². The van der Waals surface area contributed by atoms with Gasteiger partial charge in [-0.3, -0.25) is 9.78 Å². The summed E-state index contributed by atoms with van der Waals surface area (Å²) in [5.74, 6) is 0.466. The Bertz CT molecular complexity index is 319. The second kappa shape index (κ2) is 3.78. The minimum Gasteiger partial charge on any atom is -0.349 e. The number of nitrogens with zero attached hydrogens (tertiary/aromatic N) is 1. The molecule has 1 fully saturated rings. The molecule has 0 radical (unpaired) electrons. The zero-order valence-electron chi connectivity index (χ0n) is 8.23. The van der Waals surface area contributed by atoms with Gasteiger partial charge < -0.3 is 5.32 Å². The molecule has 0 bridgehead atoms. The van der Waals surface area contributed by atoms with Crippen LogP contribution in [-0.2, 0) is 4.79 Å². The molecule has 1 N–H and O–H groups in total. The first-order chi connectivity index (χ1) is 6.77. The number of hydrogen-bond donors (Lipinski definition) is 1. The van der Waals surface area contributed by atoms with Gasteiger partial charge in [0, 0.05) is 18.3 Å². The molecule has 74 valence electrons. The summed E-state index contributed by atoms with van der Waals surface area (Å²) in [5.41, 5.74) is 1.11. The van der Waals surface area contributed by atoms with Crippen LogP contribution < -0.4 is 5.32 Å². The zero-order chi connectivity index (χ0) is 9.97. The molecular formula is C11H14N2O. The molecule has 1 heterocycles. The summed E-state index contributed by atoms with van der Waals surface area (Å²) in [4.78, 5) is 15.4. The fourth-order valence-electron chi connectivity index (χ4n) is 1.41. The van der Waals surface area contributed by atoms with Gasteiger partial charge in [-0.25, -0.2) is 0 Å². The Labute approximate surface area is 83.5 Å². The predicted octanol–water partition coefficient (Wildman–Crippen LogP) is 1.67. The van der Waals surface area contributed by atoms with Gasteiger partial charge in [-0.1, -0.05) is 0 Å². The highest BCUT2D eigenvalue weighted by molar-refractivity contribution is 5.81. The SMILES string of the molecule is C[C@@H](NC(=O)C1CC1)c1ccncc1. The molecule has 1 aliphatic carbocycles. The van der Waals surface area contributed by atoms with Crippen molar-refractivity contribution >= 4 is 5.91 Å². The highest BCUT2D eigenvalue weighted by atomic mass is 16.2. The molecule has 0 aromatic carbocycles. The number of hydrogen-bond acceptors (Lipinski definition) is 2. The lowest BCUT2D eigenvalue weighted by atomic mass is 10.1. The van der Waals surface area contributed by atoms with E-state index in [0.717, 1.165) is 18.4 Å². The van der Waals surface area contributed by atoms with E-state index in [1.165, 1.54) is 0 Å². The van der Waals surface area contributed by atoms with E-state index >= 15 is 0 Å². The minimum absolute atomic E-state index is 0.0890. The standard InChI is InChI=1S/C11H14N2O/c1-8(9-4-6-12-7-5-9)13-11(14)10-2-3-10/h4-8,10H,2-3H2,1H3,(H,13,14)/t8-/m1/s1. The van der Waals surface area contributed by atoms with Gasteiger partial charge in [-0.15, -0.1) is 0 Å². The predicted molar refractivity (Wildman–Crippen MR) is 53.5 cm³/mol. The van der Waals surface area contributed by atoms with Gasteiger partial charge in [0.15, 0.2) is 0 Å². The van der Waals surface area contributed by atoms with Crippen LogP contribution in [0.4, 0.5) is 0 Å². The number of rotatable bonds is 3. The lowest BCUT2D eigenvalue weighted by molar-refractivity contribution is -0.122. The molecule has 2 rings (SSSR count). The molecule has 1 aromatic heterocycles. The molecular weight excluding hydrogens is 176 g/mol. The summed E-state index contributed by atoms with van der Waals surface area (Å²) in [6, 6.07) is 3.95. The molecule has 3 nitrogen and oxygen atoms in total. The first kappa shape index (κ1) is 9.19. The average Bonchev–Trinajstić information content (AvgIpc) is 3.02. The molecule has 0 spiro atoms. The minimum atomic E-state index is 0.0890. The number of carbonyl (C=O) groups excluding carboxylic acids is 1. The van der Waals surface area contributed by atoms with Gasteiger partial charge in [-0.05, 0) is 37.5 Å². The van der Waals surface area contributed by atoms with Crippen molar-refractivity contribution in [3.05, 3.63) is 30.1 Å². The van der Waals surface area contributed by atoms with Gasteiger partial charge in [0.25, 0.3) is 0 Å². The maximum Gasteiger partial charge on any atom is 0.223 e. The highest BCUT2D eigenvalue weighted by Crippen LogP contribution is 2.29. The quantitative estimate of drug-likeness (QED) is 0.787. The largest absolute Gasteiger partial charge is 0.349 e. The van der Waals surface area contributed by atoms with Crippen molar-refractivity contribution in [2.45, 2.75) is 25.8 Å². The molecule has 3 heteroatoms. The summed E-state index contributed by atoms with van der Waals surface area (Å²) in [6.45, 7) is 2.00. The van der Waals surface area contributed by atoms with Crippen LogP contribution in [0, 0.1) is 5.92 Å². The van der Waals surface area contributed by atoms with Gasteiger partial charge in [0.2, 0.25) is 5.91 Å². The van der Waals surface area contributed by atoms with Crippen molar-refractivity contribution in [1.29, 1.82) is 0 Å². The average molecular weight is 190 g/mol. The Hall–Kier alpha value is -1.38. The first-order valence-corrected chi connectivity index (χ1v) is 4.97. The molecule has 1 amide bonds. The van der Waals surface area contributed by atoms with Gasteiger partial charge in [-0.2, -0.15) is 0 Å². The van der Waals surface area contributed by atoms with E-state index in [9.17, 15) is 4.79 Å². The van der Waals surface area contributed by atoms with Gasteiger partial charge in [0.1, 0.15) is 0 Å². The molecule has 1 atom stereocenters. The Morgan fingerprint density at radius 1 is 1.50 bits per heavy atom. The molecule has 14 heavy (non-hydrogen) atoms. The zero-order valence-corrected chi connectivity index (χ0v) is 8.23. The summed E-state index contributed by atoms with van der Waals surface area (Å²) in [7, 11) is 0. The van der Waals surface area contributed by atoms with Gasteiger partial charge in [0.05, 0.1) is 6.04 Å². The lowest BCUT2D eigenvalue weighted by Crippen LogP contribution is -2.27. The smallest absolute Gasteiger partial charge is 0.223 e. The van der Waals surface area contributed by atoms with Crippen molar-refractivity contribution in [3.8, 4) is 0 Å². The summed E-state index contributed by atoms with van der Waals surface area (Å²) in [6.07, 6.45) is 5.59. The topological polar surface area (TPSA) is 42.0 Å². The van der Waals surface area contributed by atoms with E-state index in [1.54, 1.807) is 12.4 Å². The third-order valence-electron chi connectivity index (χ3n) is 2.51. The van der Waals surface area contributed by atoms with Crippen LogP contribution in [0.25, 0.3) is 0 Å². The van der Waals surface area contributed by atoms with Crippen LogP contribution in [-0.4, -0.2) is 10.9 Å². The van der Waals surface area contributed by atoms with Crippen LogP contribution >= 0.6 is 0 Å². The van der Waals surface area contributed by atoms with E-state index in [0.29, 0.717) is 0 Å².